The number of ether oxygens (including phenoxy) is 1. The molecule has 1 aromatic heterocycles. The molecule has 1 heterocycles. The highest BCUT2D eigenvalue weighted by Crippen LogP contribution is 2.06. The van der Waals surface area contributed by atoms with Crippen molar-refractivity contribution in [2.45, 2.75) is 39.2 Å². The lowest BCUT2D eigenvalue weighted by Gasteiger charge is -2.19. The van der Waals surface area contributed by atoms with Gasteiger partial charge in [0.2, 0.25) is 5.91 Å². The number of rotatable bonds is 2. The fraction of sp³-hybridized carbons (Fsp3) is 0.400. The zero-order valence-corrected chi connectivity index (χ0v) is 11.9. The number of hydrogen-bond donors (Lipinski definition) is 1. The van der Waals surface area contributed by atoms with Crippen LogP contribution in [0.4, 0.5) is 4.79 Å². The molecule has 106 valence electrons. The fourth-order valence-corrected chi connectivity index (χ4v) is 1.25. The van der Waals surface area contributed by atoms with Gasteiger partial charge in [-0.2, -0.15) is 0 Å². The zero-order valence-electron chi connectivity index (χ0n) is 11.9. The van der Waals surface area contributed by atoms with Crippen LogP contribution in [0.25, 0.3) is 0 Å². The standard InChI is InChI=1S/C15H18N2O3/c1-15(2,3)20-14(19)17-13(18)10-5-4-8-12-9-6-7-11-16-12/h6-7,9,11H,5,10H2,1-3H3,(H,17,18,19). The van der Waals surface area contributed by atoms with E-state index in [0.717, 1.165) is 0 Å². The van der Waals surface area contributed by atoms with Gasteiger partial charge in [-0.1, -0.05) is 12.0 Å². The number of aromatic nitrogens is 1. The van der Waals surface area contributed by atoms with E-state index < -0.39 is 17.6 Å². The SMILES string of the molecule is CC(C)(C)OC(=O)NC(=O)CCC#Cc1ccccn1. The average molecular weight is 274 g/mol. The van der Waals surface area contributed by atoms with Crippen LogP contribution in [0.15, 0.2) is 24.4 Å². The predicted octanol–water partition coefficient (Wildman–Crippen LogP) is 2.26. The van der Waals surface area contributed by atoms with Gasteiger partial charge in [-0.3, -0.25) is 10.1 Å². The largest absolute Gasteiger partial charge is 0.444 e. The number of hydrogen-bond acceptors (Lipinski definition) is 4. The average Bonchev–Trinajstić information content (AvgIpc) is 2.33. The second-order valence-electron chi connectivity index (χ2n) is 5.07. The summed E-state index contributed by atoms with van der Waals surface area (Å²) in [7, 11) is 0. The van der Waals surface area contributed by atoms with Crippen molar-refractivity contribution in [1.82, 2.24) is 10.3 Å². The summed E-state index contributed by atoms with van der Waals surface area (Å²) in [5.74, 6) is 5.26. The number of amides is 2. The van der Waals surface area contributed by atoms with Crippen molar-refractivity contribution in [1.29, 1.82) is 0 Å². The third-order valence-electron chi connectivity index (χ3n) is 2.00. The van der Waals surface area contributed by atoms with Crippen LogP contribution < -0.4 is 5.32 Å². The van der Waals surface area contributed by atoms with Crippen molar-refractivity contribution in [2.75, 3.05) is 0 Å². The lowest BCUT2D eigenvalue weighted by atomic mass is 10.2. The van der Waals surface area contributed by atoms with E-state index in [1.165, 1.54) is 0 Å². The van der Waals surface area contributed by atoms with E-state index in [0.29, 0.717) is 12.1 Å². The first-order valence-corrected chi connectivity index (χ1v) is 6.29. The molecular weight excluding hydrogens is 256 g/mol. The maximum absolute atomic E-state index is 11.5. The van der Waals surface area contributed by atoms with Crippen molar-refractivity contribution in [3.63, 3.8) is 0 Å². The van der Waals surface area contributed by atoms with Crippen LogP contribution in [0, 0.1) is 11.8 Å². The van der Waals surface area contributed by atoms with Gasteiger partial charge in [-0.25, -0.2) is 9.78 Å². The smallest absolute Gasteiger partial charge is 0.414 e. The summed E-state index contributed by atoms with van der Waals surface area (Å²) in [5, 5.41) is 2.15. The molecule has 5 heteroatoms. The summed E-state index contributed by atoms with van der Waals surface area (Å²) >= 11 is 0. The molecule has 0 aromatic carbocycles. The monoisotopic (exact) mass is 274 g/mol. The molecule has 2 amide bonds. The molecule has 5 nitrogen and oxygen atoms in total. The molecule has 0 bridgehead atoms. The van der Waals surface area contributed by atoms with Gasteiger partial charge in [0.15, 0.2) is 0 Å². The minimum atomic E-state index is -0.736. The maximum atomic E-state index is 11.5. The van der Waals surface area contributed by atoms with Gasteiger partial charge in [0.1, 0.15) is 11.3 Å². The molecule has 0 aliphatic heterocycles. The Balaban J connectivity index is 2.31. The maximum Gasteiger partial charge on any atom is 0.414 e. The number of nitrogens with one attached hydrogen (secondary N) is 1. The Morgan fingerprint density at radius 1 is 1.35 bits per heavy atom. The third-order valence-corrected chi connectivity index (χ3v) is 2.00. The molecule has 1 N–H and O–H groups in total. The van der Waals surface area contributed by atoms with Gasteiger partial charge in [0.25, 0.3) is 0 Å². The predicted molar refractivity (Wildman–Crippen MR) is 74.7 cm³/mol. The van der Waals surface area contributed by atoms with Crippen LogP contribution in [-0.2, 0) is 9.53 Å². The van der Waals surface area contributed by atoms with E-state index in [4.69, 9.17) is 4.74 Å². The molecule has 0 atom stereocenters. The second kappa shape index (κ2) is 7.29. The number of nitrogens with zero attached hydrogens (tertiary/aromatic N) is 1. The Kier molecular flexibility index (Phi) is 5.73. The summed E-state index contributed by atoms with van der Waals surface area (Å²) < 4.78 is 4.97. The van der Waals surface area contributed by atoms with Gasteiger partial charge in [0, 0.05) is 19.0 Å². The van der Waals surface area contributed by atoms with Crippen molar-refractivity contribution >= 4 is 12.0 Å². The van der Waals surface area contributed by atoms with Crippen LogP contribution in [0.1, 0.15) is 39.3 Å². The highest BCUT2D eigenvalue weighted by atomic mass is 16.6. The van der Waals surface area contributed by atoms with E-state index in [9.17, 15) is 9.59 Å². The van der Waals surface area contributed by atoms with E-state index in [1.807, 2.05) is 6.07 Å². The summed E-state index contributed by atoms with van der Waals surface area (Å²) in [6.45, 7) is 5.19. The van der Waals surface area contributed by atoms with Gasteiger partial charge in [-0.05, 0) is 38.8 Å². The van der Waals surface area contributed by atoms with E-state index in [-0.39, 0.29) is 6.42 Å². The summed E-state index contributed by atoms with van der Waals surface area (Å²) in [6, 6.07) is 5.43. The highest BCUT2D eigenvalue weighted by molar-refractivity contribution is 5.91. The highest BCUT2D eigenvalue weighted by Gasteiger charge is 2.17. The molecule has 0 unspecified atom stereocenters. The molecule has 0 saturated heterocycles. The molecular formula is C15H18N2O3. The van der Waals surface area contributed by atoms with Crippen LogP contribution >= 0.6 is 0 Å². The van der Waals surface area contributed by atoms with E-state index >= 15 is 0 Å². The lowest BCUT2D eigenvalue weighted by molar-refractivity contribution is -0.120. The molecule has 0 radical (unpaired) electrons. The quantitative estimate of drug-likeness (QED) is 0.840. The summed E-state index contributed by atoms with van der Waals surface area (Å²) in [4.78, 5) is 26.8. The molecule has 0 spiro atoms. The Labute approximate surface area is 118 Å². The lowest BCUT2D eigenvalue weighted by Crippen LogP contribution is -2.36. The Hall–Kier alpha value is -2.35. The molecule has 1 rings (SSSR count). The minimum Gasteiger partial charge on any atom is -0.444 e. The van der Waals surface area contributed by atoms with Crippen LogP contribution in [0.2, 0.25) is 0 Å². The summed E-state index contributed by atoms with van der Waals surface area (Å²) in [6.07, 6.45) is 1.41. The molecule has 20 heavy (non-hydrogen) atoms. The number of carbonyl (C=O) groups excluding carboxylic acids is 2. The molecule has 0 aliphatic rings. The first-order valence-electron chi connectivity index (χ1n) is 6.29. The van der Waals surface area contributed by atoms with Gasteiger partial charge >= 0.3 is 6.09 Å². The van der Waals surface area contributed by atoms with Gasteiger partial charge < -0.3 is 4.74 Å². The van der Waals surface area contributed by atoms with Gasteiger partial charge in [-0.15, -0.1) is 0 Å². The third kappa shape index (κ3) is 7.17. The molecule has 0 aliphatic carbocycles. The van der Waals surface area contributed by atoms with Crippen LogP contribution in [0.5, 0.6) is 0 Å². The van der Waals surface area contributed by atoms with Crippen molar-refractivity contribution in [2.24, 2.45) is 0 Å². The van der Waals surface area contributed by atoms with Crippen molar-refractivity contribution in [3.05, 3.63) is 30.1 Å². The minimum absolute atomic E-state index is 0.138. The number of pyridine rings is 1. The molecule has 0 saturated carbocycles. The topological polar surface area (TPSA) is 68.3 Å². The van der Waals surface area contributed by atoms with Crippen LogP contribution in [0.3, 0.4) is 0 Å². The van der Waals surface area contributed by atoms with E-state index in [1.54, 1.807) is 39.1 Å². The Morgan fingerprint density at radius 2 is 2.10 bits per heavy atom. The van der Waals surface area contributed by atoms with E-state index in [2.05, 4.69) is 22.1 Å². The number of imide groups is 1. The second-order valence-corrected chi connectivity index (χ2v) is 5.07. The first-order chi connectivity index (χ1) is 9.37. The van der Waals surface area contributed by atoms with Crippen LogP contribution in [-0.4, -0.2) is 22.6 Å². The Morgan fingerprint density at radius 3 is 2.70 bits per heavy atom. The fourth-order valence-electron chi connectivity index (χ4n) is 1.25. The Bertz CT molecular complexity index is 522. The van der Waals surface area contributed by atoms with Gasteiger partial charge in [0.05, 0.1) is 0 Å². The first kappa shape index (κ1) is 15.7. The number of carbonyl (C=O) groups is 2. The summed E-state index contributed by atoms with van der Waals surface area (Å²) in [5.41, 5.74) is 0.0309. The normalized spacial score (nSPS) is 10.2. The van der Waals surface area contributed by atoms with Crippen molar-refractivity contribution < 1.29 is 14.3 Å². The molecule has 1 aromatic rings. The number of alkyl carbamates (subject to hydrolysis) is 1. The zero-order chi connectivity index (χ0) is 15.0. The molecule has 0 fully saturated rings. The van der Waals surface area contributed by atoms with Crippen molar-refractivity contribution in [3.8, 4) is 11.8 Å².